The van der Waals surface area contributed by atoms with Crippen LogP contribution in [0.1, 0.15) is 59.6 Å². The molecule has 1 heterocycles. The summed E-state index contributed by atoms with van der Waals surface area (Å²) in [5.74, 6) is 0. The maximum Gasteiger partial charge on any atom is 0.492 e. The standard InChI is InChI=1S/C22H32BNO4/c1-9-16-10-12-17(13-11-16)14-18(15-24-19(25)26-20(2,3)4)23-27-21(5,6)22(7,8)28-23/h9-14H,1,15H2,2-8H3,(H,24,25). The van der Waals surface area contributed by atoms with Crippen molar-refractivity contribution in [3.05, 3.63) is 47.4 Å². The second kappa shape index (κ2) is 8.14. The van der Waals surface area contributed by atoms with Crippen LogP contribution in [-0.2, 0) is 14.0 Å². The minimum atomic E-state index is -0.557. The van der Waals surface area contributed by atoms with Crippen molar-refractivity contribution in [2.75, 3.05) is 6.54 Å². The van der Waals surface area contributed by atoms with Gasteiger partial charge in [0.05, 0.1) is 11.2 Å². The first-order valence-electron chi connectivity index (χ1n) is 9.58. The minimum Gasteiger partial charge on any atom is -0.444 e. The zero-order valence-electron chi connectivity index (χ0n) is 18.1. The molecule has 1 aliphatic rings. The van der Waals surface area contributed by atoms with Gasteiger partial charge in [0.2, 0.25) is 0 Å². The van der Waals surface area contributed by atoms with Crippen molar-refractivity contribution in [1.82, 2.24) is 5.32 Å². The Morgan fingerprint density at radius 1 is 1.11 bits per heavy atom. The van der Waals surface area contributed by atoms with Crippen molar-refractivity contribution < 1.29 is 18.8 Å². The molecular weight excluding hydrogens is 353 g/mol. The van der Waals surface area contributed by atoms with E-state index in [0.717, 1.165) is 16.6 Å². The molecule has 0 atom stereocenters. The highest BCUT2D eigenvalue weighted by molar-refractivity contribution is 6.56. The highest BCUT2D eigenvalue weighted by Gasteiger charge is 2.52. The highest BCUT2D eigenvalue weighted by Crippen LogP contribution is 2.38. The lowest BCUT2D eigenvalue weighted by atomic mass is 9.77. The predicted molar refractivity (Wildman–Crippen MR) is 115 cm³/mol. The summed E-state index contributed by atoms with van der Waals surface area (Å²) in [4.78, 5) is 12.1. The Morgan fingerprint density at radius 3 is 2.07 bits per heavy atom. The van der Waals surface area contributed by atoms with Crippen LogP contribution in [0.15, 0.2) is 36.3 Å². The molecule has 152 valence electrons. The number of carbonyl (C=O) groups excluding carboxylic acids is 1. The van der Waals surface area contributed by atoms with Gasteiger partial charge in [0.25, 0.3) is 0 Å². The van der Waals surface area contributed by atoms with E-state index < -0.39 is 30.0 Å². The number of amides is 1. The lowest BCUT2D eigenvalue weighted by Crippen LogP contribution is -2.41. The molecule has 5 nitrogen and oxygen atoms in total. The van der Waals surface area contributed by atoms with E-state index in [0.29, 0.717) is 0 Å². The second-order valence-electron chi connectivity index (χ2n) is 9.03. The topological polar surface area (TPSA) is 56.8 Å². The Balaban J connectivity index is 2.24. The summed E-state index contributed by atoms with van der Waals surface area (Å²) >= 11 is 0. The number of hydrogen-bond donors (Lipinski definition) is 1. The fourth-order valence-electron chi connectivity index (χ4n) is 2.63. The predicted octanol–water partition coefficient (Wildman–Crippen LogP) is 4.87. The van der Waals surface area contributed by atoms with Gasteiger partial charge in [-0.25, -0.2) is 4.79 Å². The molecule has 1 aromatic rings. The molecule has 1 fully saturated rings. The molecule has 0 aromatic heterocycles. The first-order valence-corrected chi connectivity index (χ1v) is 9.58. The lowest BCUT2D eigenvalue weighted by molar-refractivity contribution is 0.00578. The van der Waals surface area contributed by atoms with E-state index in [1.54, 1.807) is 6.08 Å². The van der Waals surface area contributed by atoms with Gasteiger partial charge in [-0.05, 0) is 65.1 Å². The van der Waals surface area contributed by atoms with Gasteiger partial charge in [0.1, 0.15) is 5.60 Å². The Bertz CT molecular complexity index is 729. The van der Waals surface area contributed by atoms with Crippen LogP contribution in [0.4, 0.5) is 4.79 Å². The van der Waals surface area contributed by atoms with Crippen LogP contribution in [0.2, 0.25) is 0 Å². The normalized spacial score (nSPS) is 18.7. The van der Waals surface area contributed by atoms with Gasteiger partial charge in [-0.2, -0.15) is 0 Å². The number of hydrogen-bond acceptors (Lipinski definition) is 4. The molecule has 1 aliphatic heterocycles. The van der Waals surface area contributed by atoms with Gasteiger partial charge in [0.15, 0.2) is 0 Å². The van der Waals surface area contributed by atoms with Crippen LogP contribution in [-0.4, -0.2) is 36.6 Å². The molecule has 1 saturated heterocycles. The van der Waals surface area contributed by atoms with E-state index in [1.165, 1.54) is 0 Å². The van der Waals surface area contributed by atoms with Crippen molar-refractivity contribution in [2.45, 2.75) is 65.3 Å². The van der Waals surface area contributed by atoms with Crippen LogP contribution < -0.4 is 5.32 Å². The number of rotatable bonds is 5. The number of ether oxygens (including phenoxy) is 1. The van der Waals surface area contributed by atoms with Crippen LogP contribution in [0, 0.1) is 0 Å². The van der Waals surface area contributed by atoms with Crippen molar-refractivity contribution in [1.29, 1.82) is 0 Å². The molecule has 0 radical (unpaired) electrons. The maximum atomic E-state index is 12.1. The van der Waals surface area contributed by atoms with Crippen LogP contribution in [0.3, 0.4) is 0 Å². The Hall–Kier alpha value is -2.05. The molecule has 0 unspecified atom stereocenters. The second-order valence-corrected chi connectivity index (χ2v) is 9.03. The average Bonchev–Trinajstić information content (AvgIpc) is 2.78. The Kier molecular flexibility index (Phi) is 6.46. The molecule has 0 spiro atoms. The minimum absolute atomic E-state index is 0.259. The van der Waals surface area contributed by atoms with Crippen molar-refractivity contribution >= 4 is 25.4 Å². The van der Waals surface area contributed by atoms with Crippen LogP contribution in [0.25, 0.3) is 12.2 Å². The zero-order chi connectivity index (χ0) is 21.2. The number of nitrogens with one attached hydrogen (secondary N) is 1. The summed E-state index contributed by atoms with van der Waals surface area (Å²) in [6.07, 6.45) is 3.30. The third-order valence-corrected chi connectivity index (χ3v) is 4.92. The third-order valence-electron chi connectivity index (χ3n) is 4.92. The number of alkyl carbamates (subject to hydrolysis) is 1. The van der Waals surface area contributed by atoms with Crippen LogP contribution >= 0.6 is 0 Å². The quantitative estimate of drug-likeness (QED) is 0.735. The zero-order valence-corrected chi connectivity index (χ0v) is 18.1. The Morgan fingerprint density at radius 2 is 1.61 bits per heavy atom. The molecule has 1 N–H and O–H groups in total. The van der Waals surface area contributed by atoms with Crippen molar-refractivity contribution in [3.63, 3.8) is 0 Å². The van der Waals surface area contributed by atoms with E-state index in [1.807, 2.05) is 78.8 Å². The van der Waals surface area contributed by atoms with E-state index in [-0.39, 0.29) is 6.54 Å². The summed E-state index contributed by atoms with van der Waals surface area (Å²) in [5, 5.41) is 2.81. The van der Waals surface area contributed by atoms with Gasteiger partial charge in [0, 0.05) is 6.54 Å². The fraction of sp³-hybridized carbons (Fsp3) is 0.500. The molecule has 6 heteroatoms. The van der Waals surface area contributed by atoms with Crippen molar-refractivity contribution in [3.8, 4) is 0 Å². The van der Waals surface area contributed by atoms with Gasteiger partial charge < -0.3 is 19.4 Å². The summed E-state index contributed by atoms with van der Waals surface area (Å²) < 4.78 is 17.7. The fourth-order valence-corrected chi connectivity index (χ4v) is 2.63. The summed E-state index contributed by atoms with van der Waals surface area (Å²) in [7, 11) is -0.556. The van der Waals surface area contributed by atoms with E-state index >= 15 is 0 Å². The van der Waals surface area contributed by atoms with Gasteiger partial charge in [-0.3, -0.25) is 0 Å². The summed E-state index contributed by atoms with van der Waals surface area (Å²) in [6.45, 7) is 17.6. The molecular formula is C22H32BNO4. The molecule has 2 rings (SSSR count). The monoisotopic (exact) mass is 385 g/mol. The van der Waals surface area contributed by atoms with Gasteiger partial charge in [-0.1, -0.05) is 43.0 Å². The SMILES string of the molecule is C=Cc1ccc(C=C(CNC(=O)OC(C)(C)C)B2OC(C)(C)C(C)(C)O2)cc1. The van der Waals surface area contributed by atoms with Crippen molar-refractivity contribution in [2.24, 2.45) is 0 Å². The largest absolute Gasteiger partial charge is 0.492 e. The summed E-state index contributed by atoms with van der Waals surface area (Å²) in [5.41, 5.74) is 1.36. The molecule has 0 aliphatic carbocycles. The summed E-state index contributed by atoms with van der Waals surface area (Å²) in [6, 6.07) is 7.97. The van der Waals surface area contributed by atoms with Crippen LogP contribution in [0.5, 0.6) is 0 Å². The first-order chi connectivity index (χ1) is 12.8. The molecule has 0 saturated carbocycles. The van der Waals surface area contributed by atoms with Gasteiger partial charge >= 0.3 is 13.2 Å². The van der Waals surface area contributed by atoms with E-state index in [4.69, 9.17) is 14.0 Å². The number of carbonyl (C=O) groups is 1. The third kappa shape index (κ3) is 5.73. The lowest BCUT2D eigenvalue weighted by Gasteiger charge is -2.32. The first kappa shape index (κ1) is 22.2. The molecule has 1 aromatic carbocycles. The average molecular weight is 385 g/mol. The molecule has 0 bridgehead atoms. The molecule has 1 amide bonds. The Labute approximate surface area is 169 Å². The maximum absolute atomic E-state index is 12.1. The number of benzene rings is 1. The highest BCUT2D eigenvalue weighted by atomic mass is 16.7. The van der Waals surface area contributed by atoms with E-state index in [9.17, 15) is 4.79 Å². The van der Waals surface area contributed by atoms with Gasteiger partial charge in [-0.15, -0.1) is 0 Å². The molecule has 28 heavy (non-hydrogen) atoms. The smallest absolute Gasteiger partial charge is 0.444 e. The van der Waals surface area contributed by atoms with E-state index in [2.05, 4.69) is 11.9 Å².